The molecule has 0 amide bonds. The van der Waals surface area contributed by atoms with Crippen LogP contribution in [-0.2, 0) is 0 Å². The van der Waals surface area contributed by atoms with Gasteiger partial charge in [0, 0.05) is 22.1 Å². The minimum atomic E-state index is 0.803. The maximum absolute atomic E-state index is 6.36. The largest absolute Gasteiger partial charge is 0.398 e. The molecular weight excluding hydrogens is 292 g/mol. The molecule has 0 aliphatic heterocycles. The molecule has 0 heterocycles. The third kappa shape index (κ3) is 2.04. The average molecular weight is 312 g/mol. The van der Waals surface area contributed by atoms with Gasteiger partial charge in [-0.1, -0.05) is 48.5 Å². The Kier molecular flexibility index (Phi) is 3.20. The minimum Gasteiger partial charge on any atom is -0.398 e. The molecule has 0 saturated carbocycles. The van der Waals surface area contributed by atoms with Gasteiger partial charge in [0.15, 0.2) is 0 Å². The molecule has 4 aromatic rings. The van der Waals surface area contributed by atoms with Gasteiger partial charge in [-0.15, -0.1) is 0 Å². The summed E-state index contributed by atoms with van der Waals surface area (Å²) in [7, 11) is 0. The molecule has 0 aliphatic carbocycles. The second kappa shape index (κ2) is 5.27. The fourth-order valence-electron chi connectivity index (χ4n) is 3.67. The van der Waals surface area contributed by atoms with Gasteiger partial charge in [-0.05, 0) is 59.0 Å². The van der Waals surface area contributed by atoms with Crippen LogP contribution in [-0.4, -0.2) is 0 Å². The zero-order valence-corrected chi connectivity index (χ0v) is 13.9. The van der Waals surface area contributed by atoms with Gasteiger partial charge in [0.1, 0.15) is 0 Å². The summed E-state index contributed by atoms with van der Waals surface area (Å²) in [5.74, 6) is 0. The summed E-state index contributed by atoms with van der Waals surface area (Å²) >= 11 is 0. The summed E-state index contributed by atoms with van der Waals surface area (Å²) in [6.45, 7) is 4.28. The number of nitrogen functional groups attached to an aromatic ring is 2. The van der Waals surface area contributed by atoms with Crippen LogP contribution in [0, 0.1) is 13.8 Å². The molecule has 4 rings (SSSR count). The Morgan fingerprint density at radius 2 is 0.958 bits per heavy atom. The first-order chi connectivity index (χ1) is 11.6. The molecule has 0 aromatic heterocycles. The minimum absolute atomic E-state index is 0.803. The summed E-state index contributed by atoms with van der Waals surface area (Å²) < 4.78 is 0. The number of hydrogen-bond donors (Lipinski definition) is 2. The van der Waals surface area contributed by atoms with E-state index in [2.05, 4.69) is 50.2 Å². The quantitative estimate of drug-likeness (QED) is 0.460. The second-order valence-corrected chi connectivity index (χ2v) is 6.41. The Balaban J connectivity index is 2.27. The smallest absolute Gasteiger partial charge is 0.0400 e. The fourth-order valence-corrected chi connectivity index (χ4v) is 3.67. The van der Waals surface area contributed by atoms with Gasteiger partial charge in [0.25, 0.3) is 0 Å². The van der Waals surface area contributed by atoms with Crippen molar-refractivity contribution in [2.75, 3.05) is 11.5 Å². The lowest BCUT2D eigenvalue weighted by atomic mass is 9.87. The van der Waals surface area contributed by atoms with E-state index in [1.807, 2.05) is 24.3 Å². The highest BCUT2D eigenvalue weighted by atomic mass is 14.6. The van der Waals surface area contributed by atoms with Crippen LogP contribution in [0.3, 0.4) is 0 Å². The van der Waals surface area contributed by atoms with Crippen molar-refractivity contribution in [1.82, 2.24) is 0 Å². The third-order valence-corrected chi connectivity index (χ3v) is 4.82. The maximum Gasteiger partial charge on any atom is 0.0400 e. The van der Waals surface area contributed by atoms with Gasteiger partial charge in [-0.3, -0.25) is 0 Å². The molecule has 2 nitrogen and oxygen atoms in total. The SMILES string of the molecule is Cc1ccc2cccc(N)c2c1-c1c(C)ccc2cccc(N)c12. The predicted molar refractivity (Wildman–Crippen MR) is 105 cm³/mol. The molecule has 4 N–H and O–H groups in total. The van der Waals surface area contributed by atoms with E-state index in [9.17, 15) is 0 Å². The highest BCUT2D eigenvalue weighted by Crippen LogP contribution is 2.42. The van der Waals surface area contributed by atoms with Gasteiger partial charge < -0.3 is 11.5 Å². The van der Waals surface area contributed by atoms with Gasteiger partial charge in [-0.2, -0.15) is 0 Å². The van der Waals surface area contributed by atoms with Crippen molar-refractivity contribution in [3.8, 4) is 11.1 Å². The molecule has 2 heteroatoms. The summed E-state index contributed by atoms with van der Waals surface area (Å²) in [6.07, 6.45) is 0. The topological polar surface area (TPSA) is 52.0 Å². The van der Waals surface area contributed by atoms with Crippen LogP contribution < -0.4 is 11.5 Å². The third-order valence-electron chi connectivity index (χ3n) is 4.82. The molecule has 0 aliphatic rings. The number of nitrogens with two attached hydrogens (primary N) is 2. The van der Waals surface area contributed by atoms with Crippen LogP contribution in [0.25, 0.3) is 32.7 Å². The zero-order chi connectivity index (χ0) is 16.8. The number of rotatable bonds is 1. The van der Waals surface area contributed by atoms with E-state index in [0.29, 0.717) is 0 Å². The number of hydrogen-bond acceptors (Lipinski definition) is 2. The number of fused-ring (bicyclic) bond motifs is 2. The lowest BCUT2D eigenvalue weighted by Gasteiger charge is -2.18. The summed E-state index contributed by atoms with van der Waals surface area (Å²) in [4.78, 5) is 0. The van der Waals surface area contributed by atoms with Gasteiger partial charge >= 0.3 is 0 Å². The number of aryl methyl sites for hydroxylation is 2. The van der Waals surface area contributed by atoms with Crippen LogP contribution in [0.15, 0.2) is 60.7 Å². The van der Waals surface area contributed by atoms with Crippen LogP contribution in [0.4, 0.5) is 11.4 Å². The molecule has 0 spiro atoms. The normalized spacial score (nSPS) is 11.2. The van der Waals surface area contributed by atoms with E-state index in [0.717, 1.165) is 32.9 Å². The first-order valence-corrected chi connectivity index (χ1v) is 8.14. The van der Waals surface area contributed by atoms with Crippen molar-refractivity contribution in [3.63, 3.8) is 0 Å². The van der Waals surface area contributed by atoms with Crippen molar-refractivity contribution in [3.05, 3.63) is 71.8 Å². The van der Waals surface area contributed by atoms with Crippen LogP contribution in [0.1, 0.15) is 11.1 Å². The summed E-state index contributed by atoms with van der Waals surface area (Å²) in [5, 5.41) is 4.52. The summed E-state index contributed by atoms with van der Waals surface area (Å²) in [6, 6.07) is 20.7. The van der Waals surface area contributed by atoms with Crippen molar-refractivity contribution < 1.29 is 0 Å². The molecular formula is C22H20N2. The van der Waals surface area contributed by atoms with E-state index in [1.165, 1.54) is 22.3 Å². The van der Waals surface area contributed by atoms with Crippen LogP contribution in [0.2, 0.25) is 0 Å². The highest BCUT2D eigenvalue weighted by molar-refractivity contribution is 6.14. The standard InChI is InChI=1S/C22H20N2/c1-13-9-11-15-5-3-7-17(23)21(15)19(13)20-14(2)10-12-16-6-4-8-18(24)22(16)20/h3-12H,23-24H2,1-2H3. The second-order valence-electron chi connectivity index (χ2n) is 6.41. The van der Waals surface area contributed by atoms with E-state index in [4.69, 9.17) is 11.5 Å². The lowest BCUT2D eigenvalue weighted by molar-refractivity contribution is 1.45. The molecule has 0 atom stereocenters. The van der Waals surface area contributed by atoms with Gasteiger partial charge in [0.2, 0.25) is 0 Å². The van der Waals surface area contributed by atoms with Crippen LogP contribution in [0.5, 0.6) is 0 Å². The van der Waals surface area contributed by atoms with Crippen LogP contribution >= 0.6 is 0 Å². The molecule has 0 fully saturated rings. The van der Waals surface area contributed by atoms with Gasteiger partial charge in [0.05, 0.1) is 0 Å². The lowest BCUT2D eigenvalue weighted by Crippen LogP contribution is -1.97. The summed E-state index contributed by atoms with van der Waals surface area (Å²) in [5.41, 5.74) is 19.1. The van der Waals surface area contributed by atoms with E-state index < -0.39 is 0 Å². The number of benzene rings is 4. The fraction of sp³-hybridized carbons (Fsp3) is 0.0909. The molecule has 0 radical (unpaired) electrons. The van der Waals surface area contributed by atoms with Crippen molar-refractivity contribution in [2.24, 2.45) is 0 Å². The highest BCUT2D eigenvalue weighted by Gasteiger charge is 2.16. The Hall–Kier alpha value is -3.00. The Morgan fingerprint density at radius 3 is 1.38 bits per heavy atom. The molecule has 0 bridgehead atoms. The van der Waals surface area contributed by atoms with Crippen molar-refractivity contribution >= 4 is 32.9 Å². The zero-order valence-electron chi connectivity index (χ0n) is 13.9. The van der Waals surface area contributed by atoms with Gasteiger partial charge in [-0.25, -0.2) is 0 Å². The van der Waals surface area contributed by atoms with Crippen molar-refractivity contribution in [2.45, 2.75) is 13.8 Å². The van der Waals surface area contributed by atoms with E-state index in [-0.39, 0.29) is 0 Å². The Morgan fingerprint density at radius 1 is 0.542 bits per heavy atom. The maximum atomic E-state index is 6.36. The van der Waals surface area contributed by atoms with E-state index in [1.54, 1.807) is 0 Å². The first kappa shape index (κ1) is 14.6. The first-order valence-electron chi connectivity index (χ1n) is 8.14. The molecule has 24 heavy (non-hydrogen) atoms. The van der Waals surface area contributed by atoms with Crippen molar-refractivity contribution in [1.29, 1.82) is 0 Å². The Bertz CT molecular complexity index is 1000. The molecule has 0 unspecified atom stereocenters. The molecule has 0 saturated heterocycles. The Labute approximate surface area is 141 Å². The molecule has 118 valence electrons. The monoisotopic (exact) mass is 312 g/mol. The van der Waals surface area contributed by atoms with E-state index >= 15 is 0 Å². The predicted octanol–water partition coefficient (Wildman–Crippen LogP) is 5.44. The molecule has 4 aromatic carbocycles. The average Bonchev–Trinajstić information content (AvgIpc) is 2.57. The number of anilines is 2.